The normalized spacial score (nSPS) is 26.9. The quantitative estimate of drug-likeness (QED) is 0.907. The van der Waals surface area contributed by atoms with Gasteiger partial charge in [0.1, 0.15) is 11.9 Å². The number of hydrogen-bond donors (Lipinski definition) is 1. The first kappa shape index (κ1) is 12.6. The Morgan fingerprint density at radius 1 is 1.26 bits per heavy atom. The summed E-state index contributed by atoms with van der Waals surface area (Å²) in [6, 6.07) is 6.92. The molecule has 0 saturated carbocycles. The third kappa shape index (κ3) is 3.13. The molecule has 2 aliphatic heterocycles. The van der Waals surface area contributed by atoms with Crippen molar-refractivity contribution in [1.29, 1.82) is 0 Å². The third-order valence-electron chi connectivity index (χ3n) is 3.72. The van der Waals surface area contributed by atoms with Crippen molar-refractivity contribution in [3.8, 4) is 0 Å². The second-order valence-electron chi connectivity index (χ2n) is 5.25. The molecule has 19 heavy (non-hydrogen) atoms. The van der Waals surface area contributed by atoms with E-state index in [0.717, 1.165) is 30.8 Å². The van der Waals surface area contributed by atoms with Gasteiger partial charge in [-0.3, -0.25) is 4.99 Å². The maximum Gasteiger partial charge on any atom is 0.201 e. The van der Waals surface area contributed by atoms with Gasteiger partial charge in [-0.2, -0.15) is 0 Å². The lowest BCUT2D eigenvalue weighted by Gasteiger charge is -2.23. The van der Waals surface area contributed by atoms with Gasteiger partial charge in [-0.1, -0.05) is 18.6 Å². The Labute approximate surface area is 112 Å². The molecule has 0 amide bonds. The summed E-state index contributed by atoms with van der Waals surface area (Å²) in [7, 11) is 0. The van der Waals surface area contributed by atoms with Gasteiger partial charge in [-0.05, 0) is 37.1 Å². The minimum Gasteiger partial charge on any atom is -0.474 e. The zero-order chi connectivity index (χ0) is 13.1. The Hall–Kier alpha value is -1.42. The number of nitrogens with one attached hydrogen (secondary N) is 1. The Bertz CT molecular complexity index is 452. The van der Waals surface area contributed by atoms with E-state index in [9.17, 15) is 4.39 Å². The molecule has 0 radical (unpaired) electrons. The zero-order valence-corrected chi connectivity index (χ0v) is 10.9. The molecule has 3 rings (SSSR count). The minimum atomic E-state index is -0.195. The van der Waals surface area contributed by atoms with E-state index in [1.54, 1.807) is 0 Å². The van der Waals surface area contributed by atoms with Crippen molar-refractivity contribution in [1.82, 2.24) is 5.32 Å². The second-order valence-corrected chi connectivity index (χ2v) is 5.25. The van der Waals surface area contributed by atoms with Crippen LogP contribution in [-0.4, -0.2) is 31.1 Å². The van der Waals surface area contributed by atoms with Crippen molar-refractivity contribution in [3.05, 3.63) is 35.6 Å². The Balaban J connectivity index is 1.54. The first-order chi connectivity index (χ1) is 9.31. The number of hydrogen-bond acceptors (Lipinski definition) is 3. The van der Waals surface area contributed by atoms with Crippen LogP contribution >= 0.6 is 0 Å². The Morgan fingerprint density at radius 2 is 2.11 bits per heavy atom. The lowest BCUT2D eigenvalue weighted by atomic mass is 10.1. The molecule has 2 atom stereocenters. The van der Waals surface area contributed by atoms with Crippen molar-refractivity contribution in [3.63, 3.8) is 0 Å². The number of aliphatic imine (C=N–C) groups is 1. The summed E-state index contributed by atoms with van der Waals surface area (Å²) >= 11 is 0. The summed E-state index contributed by atoms with van der Waals surface area (Å²) in [5.41, 5.74) is 1.10. The van der Waals surface area contributed by atoms with Crippen LogP contribution in [0.25, 0.3) is 0 Å². The smallest absolute Gasteiger partial charge is 0.201 e. The zero-order valence-electron chi connectivity index (χ0n) is 10.9. The fourth-order valence-electron chi connectivity index (χ4n) is 2.68. The molecule has 0 aliphatic carbocycles. The average Bonchev–Trinajstić information content (AvgIpc) is 2.91. The molecule has 0 aromatic heterocycles. The van der Waals surface area contributed by atoms with Crippen LogP contribution in [0.3, 0.4) is 0 Å². The molecule has 2 aliphatic rings. The summed E-state index contributed by atoms with van der Waals surface area (Å²) in [6.45, 7) is 1.76. The van der Waals surface area contributed by atoms with Gasteiger partial charge < -0.3 is 10.1 Å². The number of rotatable bonds is 3. The molecule has 2 unspecified atom stereocenters. The maximum atomic E-state index is 12.8. The third-order valence-corrected chi connectivity index (χ3v) is 3.72. The van der Waals surface area contributed by atoms with Gasteiger partial charge in [-0.25, -0.2) is 4.39 Å². The van der Waals surface area contributed by atoms with E-state index in [1.165, 1.54) is 25.0 Å². The molecule has 4 heteroatoms. The summed E-state index contributed by atoms with van der Waals surface area (Å²) in [6.07, 6.45) is 4.48. The van der Waals surface area contributed by atoms with Gasteiger partial charge in [0, 0.05) is 6.42 Å². The van der Waals surface area contributed by atoms with Crippen molar-refractivity contribution in [2.45, 2.75) is 37.8 Å². The topological polar surface area (TPSA) is 33.6 Å². The molecule has 0 bridgehead atoms. The number of nitrogens with zero attached hydrogens (tertiary/aromatic N) is 1. The highest BCUT2D eigenvalue weighted by Crippen LogP contribution is 2.17. The lowest BCUT2D eigenvalue weighted by molar-refractivity contribution is 0.209. The van der Waals surface area contributed by atoms with E-state index in [-0.39, 0.29) is 11.9 Å². The van der Waals surface area contributed by atoms with Gasteiger partial charge in [0.05, 0.1) is 12.6 Å². The van der Waals surface area contributed by atoms with E-state index in [1.807, 2.05) is 12.1 Å². The van der Waals surface area contributed by atoms with Crippen LogP contribution in [0.1, 0.15) is 24.8 Å². The molecule has 0 spiro atoms. The van der Waals surface area contributed by atoms with Crippen LogP contribution in [0, 0.1) is 5.82 Å². The fraction of sp³-hybridized carbons (Fsp3) is 0.533. The Kier molecular flexibility index (Phi) is 3.78. The van der Waals surface area contributed by atoms with Gasteiger partial charge in [-0.15, -0.1) is 0 Å². The molecule has 1 N–H and O–H groups in total. The number of halogens is 1. The van der Waals surface area contributed by atoms with E-state index in [4.69, 9.17) is 4.74 Å². The van der Waals surface area contributed by atoms with Crippen LogP contribution in [0.5, 0.6) is 0 Å². The van der Waals surface area contributed by atoms with Gasteiger partial charge in [0.2, 0.25) is 5.90 Å². The predicted molar refractivity (Wildman–Crippen MR) is 72.9 cm³/mol. The Morgan fingerprint density at radius 3 is 2.84 bits per heavy atom. The van der Waals surface area contributed by atoms with Crippen molar-refractivity contribution in [2.24, 2.45) is 4.99 Å². The lowest BCUT2D eigenvalue weighted by Crippen LogP contribution is -2.41. The maximum absolute atomic E-state index is 12.8. The summed E-state index contributed by atoms with van der Waals surface area (Å²) in [4.78, 5) is 4.51. The molecule has 102 valence electrons. The van der Waals surface area contributed by atoms with Crippen LogP contribution in [0.15, 0.2) is 29.3 Å². The fourth-order valence-corrected chi connectivity index (χ4v) is 2.68. The number of piperidine rings is 1. The minimum absolute atomic E-state index is 0.101. The molecule has 1 fully saturated rings. The molecular weight excluding hydrogens is 243 g/mol. The van der Waals surface area contributed by atoms with Crippen molar-refractivity contribution < 1.29 is 9.13 Å². The first-order valence-corrected chi connectivity index (χ1v) is 7.00. The van der Waals surface area contributed by atoms with Gasteiger partial charge in [0.15, 0.2) is 0 Å². The van der Waals surface area contributed by atoms with E-state index < -0.39 is 0 Å². The molecule has 1 aromatic carbocycles. The molecule has 1 saturated heterocycles. The highest BCUT2D eigenvalue weighted by atomic mass is 19.1. The van der Waals surface area contributed by atoms with Crippen molar-refractivity contribution in [2.75, 3.05) is 13.1 Å². The van der Waals surface area contributed by atoms with Crippen LogP contribution < -0.4 is 5.32 Å². The van der Waals surface area contributed by atoms with E-state index in [0.29, 0.717) is 12.6 Å². The standard InChI is InChI=1S/C15H19FN2O/c16-12-6-4-11(5-7-12)9-13-10-18-15(19-13)14-3-1-2-8-17-14/h4-7,13-14,17H,1-3,8-10H2. The second kappa shape index (κ2) is 5.70. The summed E-state index contributed by atoms with van der Waals surface area (Å²) in [5, 5.41) is 3.45. The van der Waals surface area contributed by atoms with E-state index >= 15 is 0 Å². The number of benzene rings is 1. The van der Waals surface area contributed by atoms with Crippen molar-refractivity contribution >= 4 is 5.90 Å². The largest absolute Gasteiger partial charge is 0.474 e. The van der Waals surface area contributed by atoms with Crippen LogP contribution in [0.4, 0.5) is 4.39 Å². The predicted octanol–water partition coefficient (Wildman–Crippen LogP) is 2.31. The highest BCUT2D eigenvalue weighted by molar-refractivity contribution is 5.83. The first-order valence-electron chi connectivity index (χ1n) is 7.00. The average molecular weight is 262 g/mol. The number of ether oxygens (including phenoxy) is 1. The van der Waals surface area contributed by atoms with Crippen LogP contribution in [0.2, 0.25) is 0 Å². The van der Waals surface area contributed by atoms with Gasteiger partial charge in [0.25, 0.3) is 0 Å². The SMILES string of the molecule is Fc1ccc(CC2CN=C(C3CCCCN3)O2)cc1. The summed E-state index contributed by atoms with van der Waals surface area (Å²) < 4.78 is 18.8. The summed E-state index contributed by atoms with van der Waals surface area (Å²) in [5.74, 6) is 0.672. The molecule has 1 aromatic rings. The molecule has 2 heterocycles. The van der Waals surface area contributed by atoms with Gasteiger partial charge >= 0.3 is 0 Å². The van der Waals surface area contributed by atoms with Crippen LogP contribution in [-0.2, 0) is 11.2 Å². The highest BCUT2D eigenvalue weighted by Gasteiger charge is 2.27. The molecular formula is C15H19FN2O. The molecule has 3 nitrogen and oxygen atoms in total. The van der Waals surface area contributed by atoms with E-state index in [2.05, 4.69) is 10.3 Å². The monoisotopic (exact) mass is 262 g/mol.